The van der Waals surface area contributed by atoms with E-state index < -0.39 is 5.91 Å². The van der Waals surface area contributed by atoms with Crippen molar-refractivity contribution in [3.8, 4) is 5.88 Å². The van der Waals surface area contributed by atoms with Gasteiger partial charge in [0.1, 0.15) is 5.82 Å². The first-order chi connectivity index (χ1) is 13.4. The number of H-pyrrole nitrogens is 1. The molecule has 0 saturated carbocycles. The number of amides is 1. The summed E-state index contributed by atoms with van der Waals surface area (Å²) in [5.41, 5.74) is 2.58. The first-order valence-corrected chi connectivity index (χ1v) is 9.27. The van der Waals surface area contributed by atoms with Crippen molar-refractivity contribution in [2.45, 2.75) is 20.4 Å². The number of imidazole rings is 1. The highest BCUT2D eigenvalue weighted by molar-refractivity contribution is 6.38. The molecule has 0 unspecified atom stereocenters. The molecular weight excluding hydrogens is 401 g/mol. The molecule has 0 spiro atoms. The van der Waals surface area contributed by atoms with Gasteiger partial charge in [-0.3, -0.25) is 4.79 Å². The molecule has 2 aromatic heterocycles. The van der Waals surface area contributed by atoms with E-state index in [4.69, 9.17) is 23.2 Å². The molecule has 0 bridgehead atoms. The summed E-state index contributed by atoms with van der Waals surface area (Å²) in [4.78, 5) is 19.7. The van der Waals surface area contributed by atoms with E-state index in [9.17, 15) is 9.90 Å². The van der Waals surface area contributed by atoms with Crippen molar-refractivity contribution < 1.29 is 9.90 Å². The van der Waals surface area contributed by atoms with Crippen LogP contribution in [0, 0.1) is 6.92 Å². The van der Waals surface area contributed by atoms with Crippen molar-refractivity contribution in [2.75, 3.05) is 0 Å². The monoisotopic (exact) mass is 415 g/mol. The number of carbonyl (C=O) groups excluding carboxylic acids is 1. The van der Waals surface area contributed by atoms with E-state index in [0.717, 1.165) is 17.9 Å². The molecule has 2 aromatic carbocycles. The third-order valence-electron chi connectivity index (χ3n) is 4.52. The maximum Gasteiger partial charge on any atom is 0.295 e. The van der Waals surface area contributed by atoms with Gasteiger partial charge in [-0.15, -0.1) is 10.2 Å². The lowest BCUT2D eigenvalue weighted by atomic mass is 10.2. The number of carbonyl (C=O) groups is 1. The Labute approximate surface area is 169 Å². The lowest BCUT2D eigenvalue weighted by molar-refractivity contribution is 0.0995. The van der Waals surface area contributed by atoms with E-state index in [2.05, 4.69) is 24.8 Å². The van der Waals surface area contributed by atoms with Crippen LogP contribution < -0.4 is 0 Å². The van der Waals surface area contributed by atoms with Crippen LogP contribution in [0.4, 0.5) is 5.69 Å². The van der Waals surface area contributed by atoms with Crippen molar-refractivity contribution in [3.05, 3.63) is 51.8 Å². The van der Waals surface area contributed by atoms with Crippen molar-refractivity contribution in [1.29, 1.82) is 0 Å². The second kappa shape index (κ2) is 6.92. The predicted octanol–water partition coefficient (Wildman–Crippen LogP) is 5.78. The highest BCUT2D eigenvalue weighted by atomic mass is 35.5. The number of hydrogen-bond acceptors (Lipinski definition) is 4. The Kier molecular flexibility index (Phi) is 4.56. The summed E-state index contributed by atoms with van der Waals surface area (Å²) in [6, 6.07) is 8.33. The van der Waals surface area contributed by atoms with Gasteiger partial charge in [-0.05, 0) is 44.2 Å². The molecule has 0 aliphatic heterocycles. The number of benzene rings is 2. The Balaban J connectivity index is 1.71. The zero-order valence-electron chi connectivity index (χ0n) is 15.0. The standard InChI is InChI=1S/C19H15Cl2N5O2/c1-3-26-9(2)22-14-6-10(4-5-15(14)26)18(27)25-24-17-12-7-11(20)8-13(21)16(12)23-19(17)28/h4-8,23,28H,3H2,1-2H3. The normalized spacial score (nSPS) is 11.9. The molecule has 0 radical (unpaired) electrons. The summed E-state index contributed by atoms with van der Waals surface area (Å²) >= 11 is 12.1. The smallest absolute Gasteiger partial charge is 0.295 e. The molecule has 28 heavy (non-hydrogen) atoms. The minimum atomic E-state index is -0.549. The Bertz CT molecular complexity index is 1270. The van der Waals surface area contributed by atoms with E-state index >= 15 is 0 Å². The fourth-order valence-corrected chi connectivity index (χ4v) is 3.77. The summed E-state index contributed by atoms with van der Waals surface area (Å²) in [5.74, 6) is 0.0807. The highest BCUT2D eigenvalue weighted by Gasteiger charge is 2.15. The molecule has 0 aliphatic carbocycles. The van der Waals surface area contributed by atoms with Gasteiger partial charge in [0, 0.05) is 22.5 Å². The van der Waals surface area contributed by atoms with E-state index in [-0.39, 0.29) is 11.6 Å². The number of nitrogens with one attached hydrogen (secondary N) is 1. The molecule has 0 aliphatic rings. The van der Waals surface area contributed by atoms with Crippen LogP contribution in [0.25, 0.3) is 21.9 Å². The summed E-state index contributed by atoms with van der Waals surface area (Å²) in [6.45, 7) is 4.74. The van der Waals surface area contributed by atoms with Gasteiger partial charge in [0.05, 0.1) is 21.6 Å². The maximum absolute atomic E-state index is 12.5. The highest BCUT2D eigenvalue weighted by Crippen LogP contribution is 2.40. The molecule has 7 nitrogen and oxygen atoms in total. The second-order valence-corrected chi connectivity index (χ2v) is 7.09. The average molecular weight is 416 g/mol. The number of aryl methyl sites for hydroxylation is 2. The lowest BCUT2D eigenvalue weighted by Crippen LogP contribution is -1.97. The van der Waals surface area contributed by atoms with Gasteiger partial charge in [-0.2, -0.15) is 0 Å². The van der Waals surface area contributed by atoms with Gasteiger partial charge in [-0.1, -0.05) is 23.2 Å². The number of halogens is 2. The lowest BCUT2D eigenvalue weighted by Gasteiger charge is -2.01. The van der Waals surface area contributed by atoms with Gasteiger partial charge in [0.2, 0.25) is 5.88 Å². The van der Waals surface area contributed by atoms with Crippen molar-refractivity contribution in [2.24, 2.45) is 10.2 Å². The van der Waals surface area contributed by atoms with Crippen LogP contribution in [0.1, 0.15) is 23.1 Å². The SMILES string of the molecule is CCn1c(C)nc2cc(C(=O)N=Nc3c(O)[nH]c4c(Cl)cc(Cl)cc34)ccc21. The number of aromatic hydroxyl groups is 1. The van der Waals surface area contributed by atoms with Crippen molar-refractivity contribution >= 4 is 56.7 Å². The molecule has 0 saturated heterocycles. The van der Waals surface area contributed by atoms with Gasteiger partial charge >= 0.3 is 0 Å². The van der Waals surface area contributed by atoms with E-state index in [1.165, 1.54) is 0 Å². The summed E-state index contributed by atoms with van der Waals surface area (Å²) in [7, 11) is 0. The van der Waals surface area contributed by atoms with Gasteiger partial charge < -0.3 is 14.7 Å². The number of fused-ring (bicyclic) bond motifs is 2. The quantitative estimate of drug-likeness (QED) is 0.414. The molecule has 4 aromatic rings. The van der Waals surface area contributed by atoms with Gasteiger partial charge in [-0.25, -0.2) is 4.98 Å². The van der Waals surface area contributed by atoms with Crippen LogP contribution in [0.3, 0.4) is 0 Å². The van der Waals surface area contributed by atoms with Gasteiger partial charge in [0.15, 0.2) is 5.69 Å². The Morgan fingerprint density at radius 2 is 2.07 bits per heavy atom. The van der Waals surface area contributed by atoms with Crippen LogP contribution in [-0.4, -0.2) is 25.5 Å². The maximum atomic E-state index is 12.5. The molecule has 9 heteroatoms. The largest absolute Gasteiger partial charge is 0.493 e. The number of aromatic amines is 1. The van der Waals surface area contributed by atoms with E-state index in [1.807, 2.05) is 19.9 Å². The summed E-state index contributed by atoms with van der Waals surface area (Å²) < 4.78 is 2.06. The Morgan fingerprint density at radius 3 is 2.82 bits per heavy atom. The molecule has 0 fully saturated rings. The number of rotatable bonds is 3. The molecule has 1 amide bonds. The predicted molar refractivity (Wildman–Crippen MR) is 109 cm³/mol. The summed E-state index contributed by atoms with van der Waals surface area (Å²) in [5, 5.41) is 19.0. The van der Waals surface area contributed by atoms with E-state index in [0.29, 0.717) is 32.0 Å². The topological polar surface area (TPSA) is 95.6 Å². The number of aromatic nitrogens is 3. The van der Waals surface area contributed by atoms with Crippen LogP contribution in [0.5, 0.6) is 5.88 Å². The van der Waals surface area contributed by atoms with Crippen LogP contribution >= 0.6 is 23.2 Å². The molecule has 0 atom stereocenters. The minimum absolute atomic E-state index is 0.0972. The molecule has 4 rings (SSSR count). The molecule has 2 N–H and O–H groups in total. The Hall–Kier alpha value is -2.90. The Morgan fingerprint density at radius 1 is 1.29 bits per heavy atom. The van der Waals surface area contributed by atoms with Crippen molar-refractivity contribution in [1.82, 2.24) is 14.5 Å². The molecule has 2 heterocycles. The first-order valence-electron chi connectivity index (χ1n) is 8.51. The van der Waals surface area contributed by atoms with Crippen molar-refractivity contribution in [3.63, 3.8) is 0 Å². The van der Waals surface area contributed by atoms with Crippen LogP contribution in [0.15, 0.2) is 40.6 Å². The fraction of sp³-hybridized carbons (Fsp3) is 0.158. The molecular formula is C19H15Cl2N5O2. The minimum Gasteiger partial charge on any atom is -0.493 e. The fourth-order valence-electron chi connectivity index (χ4n) is 3.23. The zero-order valence-corrected chi connectivity index (χ0v) is 16.5. The first kappa shape index (κ1) is 18.5. The number of hydrogen-bond donors (Lipinski definition) is 2. The number of nitrogens with zero attached hydrogens (tertiary/aromatic N) is 4. The third kappa shape index (κ3) is 3.02. The molecule has 142 valence electrons. The number of azo groups is 1. The van der Waals surface area contributed by atoms with E-state index in [1.54, 1.807) is 24.3 Å². The van der Waals surface area contributed by atoms with Crippen LogP contribution in [-0.2, 0) is 6.54 Å². The third-order valence-corrected chi connectivity index (χ3v) is 5.04. The second-order valence-electron chi connectivity index (χ2n) is 6.24. The van der Waals surface area contributed by atoms with Gasteiger partial charge in [0.25, 0.3) is 5.91 Å². The zero-order chi connectivity index (χ0) is 20.0. The summed E-state index contributed by atoms with van der Waals surface area (Å²) in [6.07, 6.45) is 0. The van der Waals surface area contributed by atoms with Crippen LogP contribution in [0.2, 0.25) is 10.0 Å². The average Bonchev–Trinajstić information content (AvgIpc) is 3.14.